The lowest BCUT2D eigenvalue weighted by Crippen LogP contribution is -2.55. The van der Waals surface area contributed by atoms with Crippen molar-refractivity contribution in [2.75, 3.05) is 26.2 Å². The first-order valence-corrected chi connectivity index (χ1v) is 7.18. The van der Waals surface area contributed by atoms with E-state index in [1.165, 1.54) is 5.56 Å². The van der Waals surface area contributed by atoms with Gasteiger partial charge in [0.25, 0.3) is 0 Å². The number of pyridine rings is 1. The zero-order valence-corrected chi connectivity index (χ0v) is 11.5. The number of amides is 1. The molecule has 0 bridgehead atoms. The molecule has 0 aromatic carbocycles. The van der Waals surface area contributed by atoms with Crippen molar-refractivity contribution in [1.82, 2.24) is 14.8 Å². The van der Waals surface area contributed by atoms with Crippen LogP contribution in [-0.2, 0) is 4.79 Å². The van der Waals surface area contributed by atoms with E-state index in [2.05, 4.69) is 16.0 Å². The van der Waals surface area contributed by atoms with Crippen molar-refractivity contribution in [3.63, 3.8) is 0 Å². The number of aromatic nitrogens is 1. The first-order valence-electron chi connectivity index (χ1n) is 7.18. The summed E-state index contributed by atoms with van der Waals surface area (Å²) >= 11 is 0. The summed E-state index contributed by atoms with van der Waals surface area (Å²) < 4.78 is 0. The SMILES string of the molecule is C[C@@H](C(=O)N1CCCC1)N1CC(c2cccnc2)C1. The molecule has 1 aromatic rings. The van der Waals surface area contributed by atoms with E-state index in [4.69, 9.17) is 0 Å². The normalized spacial score (nSPS) is 22.3. The van der Waals surface area contributed by atoms with Crippen molar-refractivity contribution >= 4 is 5.91 Å². The molecule has 3 heterocycles. The third kappa shape index (κ3) is 2.50. The van der Waals surface area contributed by atoms with Gasteiger partial charge in [0.2, 0.25) is 5.91 Å². The molecular weight excluding hydrogens is 238 g/mol. The van der Waals surface area contributed by atoms with Gasteiger partial charge >= 0.3 is 0 Å². The van der Waals surface area contributed by atoms with Gasteiger partial charge in [-0.25, -0.2) is 0 Å². The molecule has 0 unspecified atom stereocenters. The highest BCUT2D eigenvalue weighted by molar-refractivity contribution is 5.81. The van der Waals surface area contributed by atoms with E-state index in [1.54, 1.807) is 6.20 Å². The molecule has 19 heavy (non-hydrogen) atoms. The molecule has 0 saturated carbocycles. The average molecular weight is 259 g/mol. The van der Waals surface area contributed by atoms with Gasteiger partial charge in [-0.15, -0.1) is 0 Å². The summed E-state index contributed by atoms with van der Waals surface area (Å²) in [5.74, 6) is 0.852. The third-order valence-electron chi connectivity index (χ3n) is 4.39. The van der Waals surface area contributed by atoms with Crippen LogP contribution in [0.1, 0.15) is 31.2 Å². The maximum atomic E-state index is 12.3. The van der Waals surface area contributed by atoms with Crippen molar-refractivity contribution in [2.24, 2.45) is 0 Å². The van der Waals surface area contributed by atoms with Crippen LogP contribution >= 0.6 is 0 Å². The van der Waals surface area contributed by atoms with E-state index in [0.717, 1.165) is 39.0 Å². The minimum absolute atomic E-state index is 0.0334. The van der Waals surface area contributed by atoms with Gasteiger partial charge in [-0.1, -0.05) is 6.07 Å². The molecule has 4 nitrogen and oxygen atoms in total. The van der Waals surface area contributed by atoms with Gasteiger partial charge in [-0.05, 0) is 31.4 Å². The predicted molar refractivity (Wildman–Crippen MR) is 73.8 cm³/mol. The molecule has 2 aliphatic rings. The van der Waals surface area contributed by atoms with Crippen LogP contribution in [0.15, 0.2) is 24.5 Å². The molecule has 0 aliphatic carbocycles. The van der Waals surface area contributed by atoms with Crippen LogP contribution in [0.4, 0.5) is 0 Å². The summed E-state index contributed by atoms with van der Waals surface area (Å²) in [7, 11) is 0. The minimum Gasteiger partial charge on any atom is -0.341 e. The zero-order chi connectivity index (χ0) is 13.2. The molecule has 0 spiro atoms. The Kier molecular flexibility index (Phi) is 3.51. The van der Waals surface area contributed by atoms with Gasteiger partial charge in [0.05, 0.1) is 6.04 Å². The Labute approximate surface area is 114 Å². The van der Waals surface area contributed by atoms with Crippen molar-refractivity contribution < 1.29 is 4.79 Å². The second kappa shape index (κ2) is 5.29. The van der Waals surface area contributed by atoms with Gasteiger partial charge in [0.15, 0.2) is 0 Å². The Bertz CT molecular complexity index is 436. The smallest absolute Gasteiger partial charge is 0.239 e. The highest BCUT2D eigenvalue weighted by Gasteiger charge is 2.36. The Morgan fingerprint density at radius 2 is 2.11 bits per heavy atom. The number of likely N-dealkylation sites (tertiary alicyclic amines) is 2. The summed E-state index contributed by atoms with van der Waals surface area (Å²) in [4.78, 5) is 20.7. The Morgan fingerprint density at radius 1 is 1.37 bits per heavy atom. The van der Waals surface area contributed by atoms with Crippen LogP contribution < -0.4 is 0 Å². The van der Waals surface area contributed by atoms with E-state index in [1.807, 2.05) is 24.1 Å². The lowest BCUT2D eigenvalue weighted by Gasteiger charge is -2.43. The molecule has 1 aromatic heterocycles. The quantitative estimate of drug-likeness (QED) is 0.825. The first kappa shape index (κ1) is 12.6. The fourth-order valence-corrected chi connectivity index (χ4v) is 3.02. The Hall–Kier alpha value is -1.42. The van der Waals surface area contributed by atoms with E-state index in [9.17, 15) is 4.79 Å². The van der Waals surface area contributed by atoms with Crippen LogP contribution in [0.25, 0.3) is 0 Å². The summed E-state index contributed by atoms with van der Waals surface area (Å²) in [5, 5.41) is 0. The summed E-state index contributed by atoms with van der Waals surface area (Å²) in [6, 6.07) is 4.14. The lowest BCUT2D eigenvalue weighted by molar-refractivity contribution is -0.137. The van der Waals surface area contributed by atoms with Gasteiger partial charge in [0.1, 0.15) is 0 Å². The van der Waals surface area contributed by atoms with Crippen molar-refractivity contribution in [3.05, 3.63) is 30.1 Å². The number of carbonyl (C=O) groups is 1. The highest BCUT2D eigenvalue weighted by Crippen LogP contribution is 2.28. The largest absolute Gasteiger partial charge is 0.341 e. The van der Waals surface area contributed by atoms with Crippen LogP contribution in [0.2, 0.25) is 0 Å². The van der Waals surface area contributed by atoms with Crippen molar-refractivity contribution in [2.45, 2.75) is 31.7 Å². The van der Waals surface area contributed by atoms with Gasteiger partial charge < -0.3 is 4.90 Å². The monoisotopic (exact) mass is 259 g/mol. The molecule has 2 saturated heterocycles. The maximum absolute atomic E-state index is 12.3. The highest BCUT2D eigenvalue weighted by atomic mass is 16.2. The topological polar surface area (TPSA) is 36.4 Å². The molecule has 3 rings (SSSR count). The van der Waals surface area contributed by atoms with Crippen molar-refractivity contribution in [1.29, 1.82) is 0 Å². The Morgan fingerprint density at radius 3 is 2.74 bits per heavy atom. The molecule has 2 fully saturated rings. The van der Waals surface area contributed by atoms with E-state index < -0.39 is 0 Å². The molecular formula is C15H21N3O. The predicted octanol–water partition coefficient (Wildman–Crippen LogP) is 1.49. The average Bonchev–Trinajstić information content (AvgIpc) is 2.91. The molecule has 102 valence electrons. The van der Waals surface area contributed by atoms with Gasteiger partial charge in [-0.3, -0.25) is 14.7 Å². The minimum atomic E-state index is 0.0334. The summed E-state index contributed by atoms with van der Waals surface area (Å²) in [6.45, 7) is 5.89. The van der Waals surface area contributed by atoms with E-state index in [-0.39, 0.29) is 6.04 Å². The van der Waals surface area contributed by atoms with Gasteiger partial charge in [0, 0.05) is 44.5 Å². The molecule has 1 amide bonds. The first-order chi connectivity index (χ1) is 9.25. The number of hydrogen-bond acceptors (Lipinski definition) is 3. The van der Waals surface area contributed by atoms with Gasteiger partial charge in [-0.2, -0.15) is 0 Å². The summed E-state index contributed by atoms with van der Waals surface area (Å²) in [6.07, 6.45) is 6.07. The Balaban J connectivity index is 1.54. The fraction of sp³-hybridized carbons (Fsp3) is 0.600. The molecule has 0 radical (unpaired) electrons. The lowest BCUT2D eigenvalue weighted by atomic mass is 9.91. The number of hydrogen-bond donors (Lipinski definition) is 0. The van der Waals surface area contributed by atoms with E-state index >= 15 is 0 Å². The molecule has 1 atom stereocenters. The van der Waals surface area contributed by atoms with Crippen molar-refractivity contribution in [3.8, 4) is 0 Å². The second-order valence-corrected chi connectivity index (χ2v) is 5.65. The van der Waals surface area contributed by atoms with Crippen LogP contribution in [0.5, 0.6) is 0 Å². The van der Waals surface area contributed by atoms with Crippen LogP contribution in [0, 0.1) is 0 Å². The molecule has 4 heteroatoms. The van der Waals surface area contributed by atoms with Crippen LogP contribution in [0.3, 0.4) is 0 Å². The number of nitrogens with zero attached hydrogens (tertiary/aromatic N) is 3. The number of carbonyl (C=O) groups excluding carboxylic acids is 1. The standard InChI is InChI=1S/C15H21N3O/c1-12(15(19)17-7-2-3-8-17)18-10-14(11-18)13-5-4-6-16-9-13/h4-6,9,12,14H,2-3,7-8,10-11H2,1H3/t12-/m0/s1. The fourth-order valence-electron chi connectivity index (χ4n) is 3.02. The molecule has 0 N–H and O–H groups in total. The third-order valence-corrected chi connectivity index (χ3v) is 4.39. The van der Waals surface area contributed by atoms with E-state index in [0.29, 0.717) is 11.8 Å². The zero-order valence-electron chi connectivity index (χ0n) is 11.5. The summed E-state index contributed by atoms with van der Waals surface area (Å²) in [5.41, 5.74) is 1.29. The molecule has 2 aliphatic heterocycles. The number of rotatable bonds is 3. The second-order valence-electron chi connectivity index (χ2n) is 5.65. The maximum Gasteiger partial charge on any atom is 0.239 e. The van der Waals surface area contributed by atoms with Crippen LogP contribution in [-0.4, -0.2) is 52.9 Å².